The lowest BCUT2D eigenvalue weighted by atomic mass is 9.99. The molecule has 0 saturated carbocycles. The summed E-state index contributed by atoms with van der Waals surface area (Å²) in [6.45, 7) is 8.32. The Morgan fingerprint density at radius 2 is 1.78 bits per heavy atom. The van der Waals surface area contributed by atoms with Gasteiger partial charge in [0.2, 0.25) is 10.0 Å². The van der Waals surface area contributed by atoms with Gasteiger partial charge in [-0.05, 0) is 37.0 Å². The Bertz CT molecular complexity index is 967. The van der Waals surface area contributed by atoms with E-state index in [2.05, 4.69) is 24.5 Å². The number of carbonyl (C=O) groups excluding carboxylic acids is 2. The van der Waals surface area contributed by atoms with E-state index in [1.807, 2.05) is 17.0 Å². The molecule has 1 aromatic rings. The largest absolute Gasteiger partial charge is 0.463 e. The highest BCUT2D eigenvalue weighted by Crippen LogP contribution is 2.23. The van der Waals surface area contributed by atoms with Crippen LogP contribution in [-0.4, -0.2) is 75.5 Å². The number of sulfonamides is 1. The van der Waals surface area contributed by atoms with Crippen LogP contribution in [0.2, 0.25) is 0 Å². The third-order valence-electron chi connectivity index (χ3n) is 5.99. The summed E-state index contributed by atoms with van der Waals surface area (Å²) in [5.74, 6) is -0.0726. The fourth-order valence-corrected chi connectivity index (χ4v) is 5.21. The molecule has 176 valence electrons. The van der Waals surface area contributed by atoms with Crippen LogP contribution in [-0.2, 0) is 19.6 Å². The molecule has 2 heterocycles. The van der Waals surface area contributed by atoms with Gasteiger partial charge in [-0.2, -0.15) is 4.31 Å². The first kappa shape index (κ1) is 24.2. The molecule has 0 aromatic heterocycles. The van der Waals surface area contributed by atoms with Crippen molar-refractivity contribution >= 4 is 22.0 Å². The van der Waals surface area contributed by atoms with Crippen molar-refractivity contribution in [2.75, 3.05) is 45.9 Å². The van der Waals surface area contributed by atoms with Crippen LogP contribution in [0.5, 0.6) is 0 Å². The van der Waals surface area contributed by atoms with E-state index in [0.717, 1.165) is 12.0 Å². The molecular formula is C22H32N4O5S. The maximum absolute atomic E-state index is 13.1. The van der Waals surface area contributed by atoms with Crippen LogP contribution in [0, 0.1) is 0 Å². The highest BCUT2D eigenvalue weighted by atomic mass is 32.2. The van der Waals surface area contributed by atoms with E-state index in [-0.39, 0.29) is 19.2 Å². The van der Waals surface area contributed by atoms with E-state index in [9.17, 15) is 18.0 Å². The molecule has 2 aliphatic rings. The van der Waals surface area contributed by atoms with Crippen LogP contribution >= 0.6 is 0 Å². The molecule has 1 atom stereocenters. The van der Waals surface area contributed by atoms with Gasteiger partial charge in [0.25, 0.3) is 0 Å². The second-order valence-electron chi connectivity index (χ2n) is 8.04. The van der Waals surface area contributed by atoms with E-state index in [1.165, 1.54) is 4.31 Å². The molecule has 0 unspecified atom stereocenters. The smallest absolute Gasteiger partial charge is 0.337 e. The zero-order valence-electron chi connectivity index (χ0n) is 18.9. The van der Waals surface area contributed by atoms with Gasteiger partial charge in [0, 0.05) is 38.4 Å². The average molecular weight is 465 g/mol. The highest BCUT2D eigenvalue weighted by Gasteiger charge is 2.30. The molecule has 1 aromatic carbocycles. The standard InChI is InChI=1S/C22H32N4O5S/c1-4-16(3)17-6-8-18(9-7-17)32(29,30)26-12-10-25(11-13-26)15-20-19(21(27)31-5-2)14-23-22(28)24-20/h6-9,16H,4-5,10-15H2,1-3H3,(H2,23,24,28)/t16-/m0/s1. The Labute approximate surface area is 189 Å². The Morgan fingerprint density at radius 1 is 1.12 bits per heavy atom. The monoisotopic (exact) mass is 464 g/mol. The van der Waals surface area contributed by atoms with Crippen molar-refractivity contribution < 1.29 is 22.7 Å². The molecule has 0 spiro atoms. The minimum Gasteiger partial charge on any atom is -0.463 e. The van der Waals surface area contributed by atoms with Crippen LogP contribution in [0.1, 0.15) is 38.7 Å². The molecule has 0 bridgehead atoms. The van der Waals surface area contributed by atoms with E-state index >= 15 is 0 Å². The van der Waals surface area contributed by atoms with Crippen molar-refractivity contribution in [1.29, 1.82) is 0 Å². The predicted octanol–water partition coefficient (Wildman–Crippen LogP) is 1.64. The predicted molar refractivity (Wildman–Crippen MR) is 121 cm³/mol. The summed E-state index contributed by atoms with van der Waals surface area (Å²) < 4.78 is 32.7. The molecule has 2 amide bonds. The van der Waals surface area contributed by atoms with Crippen LogP contribution in [0.3, 0.4) is 0 Å². The van der Waals surface area contributed by atoms with Gasteiger partial charge in [-0.25, -0.2) is 18.0 Å². The number of piperazine rings is 1. The molecule has 1 fully saturated rings. The van der Waals surface area contributed by atoms with Crippen molar-refractivity contribution in [2.24, 2.45) is 0 Å². The van der Waals surface area contributed by atoms with Crippen molar-refractivity contribution in [3.05, 3.63) is 41.1 Å². The second kappa shape index (κ2) is 10.5. The van der Waals surface area contributed by atoms with Crippen molar-refractivity contribution in [1.82, 2.24) is 19.8 Å². The molecule has 2 aliphatic heterocycles. The van der Waals surface area contributed by atoms with Gasteiger partial charge in [0.05, 0.1) is 23.6 Å². The van der Waals surface area contributed by atoms with Crippen LogP contribution in [0.25, 0.3) is 0 Å². The van der Waals surface area contributed by atoms with Crippen molar-refractivity contribution in [3.63, 3.8) is 0 Å². The van der Waals surface area contributed by atoms with Gasteiger partial charge in [-0.3, -0.25) is 4.90 Å². The first-order chi connectivity index (χ1) is 15.3. The number of amides is 2. The molecule has 3 rings (SSSR count). The fraction of sp³-hybridized carbons (Fsp3) is 0.545. The number of esters is 1. The highest BCUT2D eigenvalue weighted by molar-refractivity contribution is 7.89. The maximum atomic E-state index is 13.1. The Morgan fingerprint density at radius 3 is 2.38 bits per heavy atom. The number of nitrogens with one attached hydrogen (secondary N) is 2. The molecule has 1 saturated heterocycles. The van der Waals surface area contributed by atoms with E-state index in [1.54, 1.807) is 19.1 Å². The number of urea groups is 1. The molecule has 0 aliphatic carbocycles. The third-order valence-corrected chi connectivity index (χ3v) is 7.90. The fourth-order valence-electron chi connectivity index (χ4n) is 3.79. The number of nitrogens with zero attached hydrogens (tertiary/aromatic N) is 2. The number of hydrogen-bond donors (Lipinski definition) is 2. The molecule has 0 radical (unpaired) electrons. The van der Waals surface area contributed by atoms with Gasteiger partial charge in [0.1, 0.15) is 0 Å². The summed E-state index contributed by atoms with van der Waals surface area (Å²) in [6, 6.07) is 6.78. The minimum absolute atomic E-state index is 0.112. The third kappa shape index (κ3) is 5.48. The lowest BCUT2D eigenvalue weighted by Gasteiger charge is -2.35. The summed E-state index contributed by atoms with van der Waals surface area (Å²) in [7, 11) is -3.57. The van der Waals surface area contributed by atoms with Crippen LogP contribution in [0.4, 0.5) is 4.79 Å². The Balaban J connectivity index is 1.65. The SMILES string of the molecule is CCOC(=O)C1=C(CN2CCN(S(=O)(=O)c3ccc([C@@H](C)CC)cc3)CC2)NC(=O)NC1. The van der Waals surface area contributed by atoms with Crippen molar-refractivity contribution in [2.45, 2.75) is 38.0 Å². The number of hydrogen-bond acceptors (Lipinski definition) is 6. The number of benzene rings is 1. The Hall–Kier alpha value is -2.43. The zero-order chi connectivity index (χ0) is 23.3. The molecule has 32 heavy (non-hydrogen) atoms. The zero-order valence-corrected chi connectivity index (χ0v) is 19.7. The molecular weight excluding hydrogens is 432 g/mol. The maximum Gasteiger partial charge on any atom is 0.337 e. The second-order valence-corrected chi connectivity index (χ2v) is 9.98. The molecule has 9 nitrogen and oxygen atoms in total. The van der Waals surface area contributed by atoms with E-state index in [0.29, 0.717) is 54.8 Å². The van der Waals surface area contributed by atoms with Gasteiger partial charge < -0.3 is 15.4 Å². The summed E-state index contributed by atoms with van der Waals surface area (Å²) in [5, 5.41) is 5.28. The van der Waals surface area contributed by atoms with Gasteiger partial charge in [-0.1, -0.05) is 26.0 Å². The first-order valence-electron chi connectivity index (χ1n) is 11.0. The summed E-state index contributed by atoms with van der Waals surface area (Å²) >= 11 is 0. The lowest BCUT2D eigenvalue weighted by Crippen LogP contribution is -2.52. The van der Waals surface area contributed by atoms with Crippen LogP contribution in [0.15, 0.2) is 40.4 Å². The average Bonchev–Trinajstić information content (AvgIpc) is 2.79. The van der Waals surface area contributed by atoms with E-state index < -0.39 is 16.0 Å². The minimum atomic E-state index is -3.57. The van der Waals surface area contributed by atoms with Crippen molar-refractivity contribution in [3.8, 4) is 0 Å². The Kier molecular flexibility index (Phi) is 7.91. The van der Waals surface area contributed by atoms with E-state index in [4.69, 9.17) is 4.74 Å². The quantitative estimate of drug-likeness (QED) is 0.566. The van der Waals surface area contributed by atoms with Gasteiger partial charge in [-0.15, -0.1) is 0 Å². The van der Waals surface area contributed by atoms with Gasteiger partial charge >= 0.3 is 12.0 Å². The number of rotatable bonds is 8. The normalized spacial score (nSPS) is 19.3. The first-order valence-corrected chi connectivity index (χ1v) is 12.5. The lowest BCUT2D eigenvalue weighted by molar-refractivity contribution is -0.138. The molecule has 2 N–H and O–H groups in total. The van der Waals surface area contributed by atoms with Gasteiger partial charge in [0.15, 0.2) is 0 Å². The summed E-state index contributed by atoms with van der Waals surface area (Å²) in [4.78, 5) is 26.3. The number of ether oxygens (including phenoxy) is 1. The number of carbonyl (C=O) groups is 2. The summed E-state index contributed by atoms with van der Waals surface area (Å²) in [6.07, 6.45) is 0.999. The molecule has 10 heteroatoms. The summed E-state index contributed by atoms with van der Waals surface area (Å²) in [5.41, 5.74) is 2.03. The van der Waals surface area contributed by atoms with Crippen LogP contribution < -0.4 is 10.6 Å². The topological polar surface area (TPSA) is 108 Å².